The normalized spacial score (nSPS) is 11.8. The molecule has 2 aromatic carbocycles. The number of carbonyl (C=O) groups excluding carboxylic acids is 1. The van der Waals surface area contributed by atoms with Crippen molar-refractivity contribution in [1.82, 2.24) is 0 Å². The van der Waals surface area contributed by atoms with Gasteiger partial charge in [0.05, 0.1) is 10.7 Å². The van der Waals surface area contributed by atoms with E-state index >= 15 is 0 Å². The molecule has 1 N–H and O–H groups in total. The van der Waals surface area contributed by atoms with Gasteiger partial charge in [0.2, 0.25) is 0 Å². The number of hydrogen-bond acceptors (Lipinski definition) is 2. The van der Waals surface area contributed by atoms with Crippen LogP contribution in [-0.4, -0.2) is 12.0 Å². The molecule has 1 atom stereocenters. The Morgan fingerprint density at radius 1 is 1.20 bits per heavy atom. The van der Waals surface area contributed by atoms with Gasteiger partial charge >= 0.3 is 0 Å². The third-order valence-corrected chi connectivity index (χ3v) is 2.95. The summed E-state index contributed by atoms with van der Waals surface area (Å²) in [5, 5.41) is 2.88. The summed E-state index contributed by atoms with van der Waals surface area (Å²) in [5.74, 6) is -0.536. The Kier molecular flexibility index (Phi) is 4.58. The molecule has 5 heteroatoms. The van der Waals surface area contributed by atoms with Gasteiger partial charge in [-0.1, -0.05) is 35.9 Å². The van der Waals surface area contributed by atoms with Gasteiger partial charge < -0.3 is 10.1 Å². The molecule has 0 saturated carbocycles. The van der Waals surface area contributed by atoms with Crippen LogP contribution in [-0.2, 0) is 4.79 Å². The van der Waals surface area contributed by atoms with Gasteiger partial charge in [-0.2, -0.15) is 0 Å². The molecule has 0 aliphatic carbocycles. The number of nitrogens with one attached hydrogen (secondary N) is 1. The molecule has 104 valence electrons. The molecule has 0 bridgehead atoms. The average Bonchev–Trinajstić information content (AvgIpc) is 2.43. The van der Waals surface area contributed by atoms with Gasteiger partial charge in [0, 0.05) is 0 Å². The number of ether oxygens (including phenoxy) is 1. The van der Waals surface area contributed by atoms with E-state index in [-0.39, 0.29) is 5.69 Å². The van der Waals surface area contributed by atoms with Gasteiger partial charge in [0.15, 0.2) is 6.10 Å². The fourth-order valence-electron chi connectivity index (χ4n) is 1.58. The molecule has 0 aliphatic rings. The van der Waals surface area contributed by atoms with Crippen LogP contribution in [0.4, 0.5) is 10.1 Å². The first kappa shape index (κ1) is 14.3. The van der Waals surface area contributed by atoms with Crippen molar-refractivity contribution < 1.29 is 13.9 Å². The number of rotatable bonds is 4. The van der Waals surface area contributed by atoms with Gasteiger partial charge in [-0.3, -0.25) is 4.79 Å². The molecule has 2 rings (SSSR count). The molecular formula is C15H13ClFNO2. The van der Waals surface area contributed by atoms with Crippen molar-refractivity contribution in [2.24, 2.45) is 0 Å². The lowest BCUT2D eigenvalue weighted by molar-refractivity contribution is -0.122. The van der Waals surface area contributed by atoms with Crippen LogP contribution in [0.2, 0.25) is 5.02 Å². The predicted molar refractivity (Wildman–Crippen MR) is 76.6 cm³/mol. The minimum absolute atomic E-state index is 0.118. The highest BCUT2D eigenvalue weighted by Crippen LogP contribution is 2.24. The number of carbonyl (C=O) groups is 1. The minimum Gasteiger partial charge on any atom is -0.479 e. The van der Waals surface area contributed by atoms with Crippen molar-refractivity contribution in [2.45, 2.75) is 13.0 Å². The topological polar surface area (TPSA) is 38.3 Å². The molecular weight excluding hydrogens is 281 g/mol. The second-order valence-corrected chi connectivity index (χ2v) is 4.57. The third-order valence-electron chi connectivity index (χ3n) is 2.64. The summed E-state index contributed by atoms with van der Waals surface area (Å²) >= 11 is 5.94. The van der Waals surface area contributed by atoms with Crippen LogP contribution in [0.1, 0.15) is 6.92 Å². The largest absolute Gasteiger partial charge is 0.479 e. The van der Waals surface area contributed by atoms with Crippen LogP contribution < -0.4 is 10.1 Å². The van der Waals surface area contributed by atoms with Crippen LogP contribution in [0.25, 0.3) is 0 Å². The molecule has 0 radical (unpaired) electrons. The highest BCUT2D eigenvalue weighted by molar-refractivity contribution is 6.32. The highest BCUT2D eigenvalue weighted by atomic mass is 35.5. The zero-order valence-corrected chi connectivity index (χ0v) is 11.5. The number of benzene rings is 2. The molecule has 0 unspecified atom stereocenters. The van der Waals surface area contributed by atoms with Gasteiger partial charge in [0.1, 0.15) is 11.6 Å². The van der Waals surface area contributed by atoms with E-state index in [1.807, 2.05) is 0 Å². The molecule has 1 amide bonds. The molecule has 0 fully saturated rings. The summed E-state index contributed by atoms with van der Waals surface area (Å²) in [6.45, 7) is 1.57. The molecule has 0 aliphatic heterocycles. The standard InChI is InChI=1S/C15H13ClFNO2/c1-10(20-14-9-5-2-6-11(14)16)15(19)18-13-8-4-3-7-12(13)17/h2-10H,1H3,(H,18,19)/t10-/m0/s1. The van der Waals surface area contributed by atoms with Crippen LogP contribution in [0.15, 0.2) is 48.5 Å². The zero-order valence-electron chi connectivity index (χ0n) is 10.8. The van der Waals surface area contributed by atoms with Crippen LogP contribution in [0, 0.1) is 5.82 Å². The first-order valence-corrected chi connectivity index (χ1v) is 6.42. The molecule has 0 saturated heterocycles. The maximum absolute atomic E-state index is 13.4. The van der Waals surface area contributed by atoms with E-state index in [1.165, 1.54) is 12.1 Å². The number of amides is 1. The van der Waals surface area contributed by atoms with Crippen molar-refractivity contribution >= 4 is 23.2 Å². The monoisotopic (exact) mass is 293 g/mol. The summed E-state index contributed by atoms with van der Waals surface area (Å²) in [4.78, 5) is 11.9. The lowest BCUT2D eigenvalue weighted by Gasteiger charge is -2.15. The fourth-order valence-corrected chi connectivity index (χ4v) is 1.76. The van der Waals surface area contributed by atoms with Crippen molar-refractivity contribution in [3.8, 4) is 5.75 Å². The first-order chi connectivity index (χ1) is 9.58. The Labute approximate surface area is 121 Å². The first-order valence-electron chi connectivity index (χ1n) is 6.04. The Bertz CT molecular complexity index is 618. The molecule has 2 aromatic rings. The molecule has 3 nitrogen and oxygen atoms in total. The van der Waals surface area contributed by atoms with Crippen molar-refractivity contribution in [3.63, 3.8) is 0 Å². The molecule has 0 spiro atoms. The van der Waals surface area contributed by atoms with E-state index in [1.54, 1.807) is 43.3 Å². The Morgan fingerprint density at radius 3 is 2.55 bits per heavy atom. The van der Waals surface area contributed by atoms with Crippen molar-refractivity contribution in [3.05, 3.63) is 59.4 Å². The van der Waals surface area contributed by atoms with Crippen molar-refractivity contribution in [1.29, 1.82) is 0 Å². The van der Waals surface area contributed by atoms with Crippen LogP contribution in [0.3, 0.4) is 0 Å². The van der Waals surface area contributed by atoms with E-state index in [4.69, 9.17) is 16.3 Å². The summed E-state index contributed by atoms with van der Waals surface area (Å²) in [5.41, 5.74) is 0.118. The molecule has 20 heavy (non-hydrogen) atoms. The molecule has 0 heterocycles. The van der Waals surface area contributed by atoms with E-state index in [0.29, 0.717) is 10.8 Å². The van der Waals surface area contributed by atoms with Crippen molar-refractivity contribution in [2.75, 3.05) is 5.32 Å². The maximum atomic E-state index is 13.4. The second kappa shape index (κ2) is 6.39. The summed E-state index contributed by atoms with van der Waals surface area (Å²) < 4.78 is 18.9. The smallest absolute Gasteiger partial charge is 0.265 e. The number of hydrogen-bond donors (Lipinski definition) is 1. The Morgan fingerprint density at radius 2 is 1.85 bits per heavy atom. The van der Waals surface area contributed by atoms with E-state index < -0.39 is 17.8 Å². The van der Waals surface area contributed by atoms with Gasteiger partial charge in [0.25, 0.3) is 5.91 Å². The summed E-state index contributed by atoms with van der Waals surface area (Å²) in [6, 6.07) is 12.8. The average molecular weight is 294 g/mol. The fraction of sp³-hybridized carbons (Fsp3) is 0.133. The lowest BCUT2D eigenvalue weighted by atomic mass is 10.3. The summed E-state index contributed by atoms with van der Waals surface area (Å²) in [7, 11) is 0. The quantitative estimate of drug-likeness (QED) is 0.929. The van der Waals surface area contributed by atoms with Crippen LogP contribution >= 0.6 is 11.6 Å². The number of halogens is 2. The second-order valence-electron chi connectivity index (χ2n) is 4.16. The predicted octanol–water partition coefficient (Wildman–Crippen LogP) is 3.89. The lowest BCUT2D eigenvalue weighted by Crippen LogP contribution is -2.30. The van der Waals surface area contributed by atoms with Crippen LogP contribution in [0.5, 0.6) is 5.75 Å². The zero-order chi connectivity index (χ0) is 14.5. The number of para-hydroxylation sites is 2. The van der Waals surface area contributed by atoms with Gasteiger partial charge in [-0.05, 0) is 31.2 Å². The summed E-state index contributed by atoms with van der Waals surface area (Å²) in [6.07, 6.45) is -0.797. The van der Waals surface area contributed by atoms with Gasteiger partial charge in [-0.25, -0.2) is 4.39 Å². The number of anilines is 1. The van der Waals surface area contributed by atoms with E-state index in [9.17, 15) is 9.18 Å². The molecule has 0 aromatic heterocycles. The van der Waals surface area contributed by atoms with Gasteiger partial charge in [-0.15, -0.1) is 0 Å². The Hall–Kier alpha value is -2.07. The highest BCUT2D eigenvalue weighted by Gasteiger charge is 2.17. The third kappa shape index (κ3) is 3.48. The minimum atomic E-state index is -0.797. The van der Waals surface area contributed by atoms with E-state index in [2.05, 4.69) is 5.32 Å². The van der Waals surface area contributed by atoms with E-state index in [0.717, 1.165) is 0 Å². The SMILES string of the molecule is C[C@H](Oc1ccccc1Cl)C(=O)Nc1ccccc1F. The Balaban J connectivity index is 2.03. The maximum Gasteiger partial charge on any atom is 0.265 e.